The molecule has 152 valence electrons. The van der Waals surface area contributed by atoms with Gasteiger partial charge in [0, 0.05) is 17.4 Å². The Bertz CT molecular complexity index is 1180. The van der Waals surface area contributed by atoms with Gasteiger partial charge >= 0.3 is 0 Å². The normalized spacial score (nSPS) is 12.0. The molecule has 0 aliphatic heterocycles. The van der Waals surface area contributed by atoms with Gasteiger partial charge in [-0.05, 0) is 49.2 Å². The summed E-state index contributed by atoms with van der Waals surface area (Å²) in [6.45, 7) is 2.05. The largest absolute Gasteiger partial charge is 0.399 e. The van der Waals surface area contributed by atoms with Gasteiger partial charge in [0.2, 0.25) is 5.95 Å². The van der Waals surface area contributed by atoms with Crippen LogP contribution in [0.2, 0.25) is 5.02 Å². The zero-order valence-electron chi connectivity index (χ0n) is 16.1. The maximum Gasteiger partial charge on any atom is 0.223 e. The van der Waals surface area contributed by atoms with Crippen LogP contribution >= 0.6 is 11.6 Å². The molecule has 0 fully saturated rings. The molecule has 0 aliphatic rings. The number of nitrogens with two attached hydrogens (primary N) is 1. The average molecular weight is 424 g/mol. The van der Waals surface area contributed by atoms with Crippen LogP contribution in [0.15, 0.2) is 55.0 Å². The van der Waals surface area contributed by atoms with Crippen LogP contribution in [0.25, 0.3) is 11.0 Å². The van der Waals surface area contributed by atoms with E-state index in [-0.39, 0.29) is 11.1 Å². The number of nitrogens with one attached hydrogen (secondary N) is 2. The topological polar surface area (TPSA) is 102 Å². The van der Waals surface area contributed by atoms with Gasteiger partial charge in [0.05, 0.1) is 11.2 Å². The van der Waals surface area contributed by atoms with Gasteiger partial charge in [0.15, 0.2) is 5.82 Å². The fraction of sp³-hybridized carbons (Fsp3) is 0.143. The lowest BCUT2D eigenvalue weighted by Gasteiger charge is -2.15. The highest BCUT2D eigenvalue weighted by Gasteiger charge is 2.11. The molecule has 30 heavy (non-hydrogen) atoms. The SMILES string of the molecule is CC(Cc1ccc(N)cc1)Nc1ncc2ncnc(Nc3ccc(F)c(Cl)c3)c2n1. The van der Waals surface area contributed by atoms with Crippen molar-refractivity contribution in [1.29, 1.82) is 0 Å². The lowest BCUT2D eigenvalue weighted by atomic mass is 10.1. The average Bonchev–Trinajstić information content (AvgIpc) is 2.73. The van der Waals surface area contributed by atoms with Gasteiger partial charge in [0.25, 0.3) is 0 Å². The Morgan fingerprint density at radius 3 is 2.67 bits per heavy atom. The van der Waals surface area contributed by atoms with Crippen molar-refractivity contribution in [3.63, 3.8) is 0 Å². The summed E-state index contributed by atoms with van der Waals surface area (Å²) in [6.07, 6.45) is 3.83. The number of benzene rings is 2. The Labute approximate surface area is 177 Å². The smallest absolute Gasteiger partial charge is 0.223 e. The fourth-order valence-electron chi connectivity index (χ4n) is 3.00. The first kappa shape index (κ1) is 19.8. The Hall–Kier alpha value is -3.52. The van der Waals surface area contributed by atoms with E-state index < -0.39 is 5.82 Å². The van der Waals surface area contributed by atoms with Crippen molar-refractivity contribution in [2.45, 2.75) is 19.4 Å². The predicted molar refractivity (Wildman–Crippen MR) is 117 cm³/mol. The maximum atomic E-state index is 13.4. The fourth-order valence-corrected chi connectivity index (χ4v) is 3.19. The Kier molecular flexibility index (Phi) is 5.58. The predicted octanol–water partition coefficient (Wildman–Crippen LogP) is 4.58. The number of fused-ring (bicyclic) bond motifs is 1. The number of hydrogen-bond acceptors (Lipinski definition) is 7. The van der Waals surface area contributed by atoms with Crippen molar-refractivity contribution in [3.8, 4) is 0 Å². The highest BCUT2D eigenvalue weighted by atomic mass is 35.5. The monoisotopic (exact) mass is 423 g/mol. The summed E-state index contributed by atoms with van der Waals surface area (Å²) in [5.41, 5.74) is 9.34. The van der Waals surface area contributed by atoms with Crippen molar-refractivity contribution in [3.05, 3.63) is 71.4 Å². The van der Waals surface area contributed by atoms with Crippen molar-refractivity contribution in [2.75, 3.05) is 16.4 Å². The van der Waals surface area contributed by atoms with Crippen LogP contribution in [0.4, 0.5) is 27.5 Å². The molecule has 9 heteroatoms. The molecule has 0 bridgehead atoms. The summed E-state index contributed by atoms with van der Waals surface area (Å²) < 4.78 is 13.4. The lowest BCUT2D eigenvalue weighted by molar-refractivity contribution is 0.628. The molecule has 1 atom stereocenters. The van der Waals surface area contributed by atoms with Crippen LogP contribution in [0.5, 0.6) is 0 Å². The molecule has 4 rings (SSSR count). The Morgan fingerprint density at radius 2 is 1.90 bits per heavy atom. The third-order valence-corrected chi connectivity index (χ3v) is 4.75. The Balaban J connectivity index is 1.55. The molecule has 2 heterocycles. The van der Waals surface area contributed by atoms with E-state index in [0.717, 1.165) is 17.7 Å². The van der Waals surface area contributed by atoms with Crippen LogP contribution in [0.3, 0.4) is 0 Å². The highest BCUT2D eigenvalue weighted by molar-refractivity contribution is 6.31. The minimum absolute atomic E-state index is 0.0202. The third kappa shape index (κ3) is 4.55. The molecule has 0 saturated heterocycles. The number of aromatic nitrogens is 4. The minimum Gasteiger partial charge on any atom is -0.399 e. The molecule has 4 N–H and O–H groups in total. The van der Waals surface area contributed by atoms with E-state index in [4.69, 9.17) is 17.3 Å². The first-order valence-corrected chi connectivity index (χ1v) is 9.66. The molecule has 0 saturated carbocycles. The summed E-state index contributed by atoms with van der Waals surface area (Å²) in [5, 5.41) is 6.43. The summed E-state index contributed by atoms with van der Waals surface area (Å²) in [7, 11) is 0. The van der Waals surface area contributed by atoms with Gasteiger partial charge < -0.3 is 16.4 Å². The van der Waals surface area contributed by atoms with Gasteiger partial charge in [-0.2, -0.15) is 0 Å². The molecular weight excluding hydrogens is 405 g/mol. The lowest BCUT2D eigenvalue weighted by Crippen LogP contribution is -2.19. The summed E-state index contributed by atoms with van der Waals surface area (Å²) in [4.78, 5) is 17.4. The molecule has 2 aromatic carbocycles. The van der Waals surface area contributed by atoms with Gasteiger partial charge in [-0.3, -0.25) is 0 Å². The summed E-state index contributed by atoms with van der Waals surface area (Å²) in [6, 6.07) is 12.2. The van der Waals surface area contributed by atoms with Gasteiger partial charge in [-0.15, -0.1) is 0 Å². The number of nitrogens with zero attached hydrogens (tertiary/aromatic N) is 4. The van der Waals surface area contributed by atoms with E-state index >= 15 is 0 Å². The van der Waals surface area contributed by atoms with Gasteiger partial charge in [-0.25, -0.2) is 24.3 Å². The van der Waals surface area contributed by atoms with E-state index in [1.807, 2.05) is 31.2 Å². The van der Waals surface area contributed by atoms with E-state index in [0.29, 0.717) is 28.5 Å². The van der Waals surface area contributed by atoms with Crippen molar-refractivity contribution < 1.29 is 4.39 Å². The van der Waals surface area contributed by atoms with Gasteiger partial charge in [-0.1, -0.05) is 23.7 Å². The number of hydrogen-bond donors (Lipinski definition) is 3. The summed E-state index contributed by atoms with van der Waals surface area (Å²) in [5.74, 6) is 0.443. The van der Waals surface area contributed by atoms with E-state index in [9.17, 15) is 4.39 Å². The molecule has 4 aromatic rings. The molecular formula is C21H19ClFN7. The maximum absolute atomic E-state index is 13.4. The molecule has 0 amide bonds. The number of anilines is 4. The molecule has 0 aliphatic carbocycles. The first-order valence-electron chi connectivity index (χ1n) is 9.29. The Morgan fingerprint density at radius 1 is 1.10 bits per heavy atom. The van der Waals surface area contributed by atoms with E-state index in [1.165, 1.54) is 18.5 Å². The standard InChI is InChI=1S/C21H19ClFN7/c1-12(8-13-2-4-14(24)5-3-13)28-21-25-10-18-19(30-21)20(27-11-26-18)29-15-6-7-17(23)16(22)9-15/h2-7,9-12H,8,24H2,1H3,(H,25,28,30)(H,26,27,29). The number of halogens is 2. The van der Waals surface area contributed by atoms with Crippen LogP contribution in [0.1, 0.15) is 12.5 Å². The second kappa shape index (κ2) is 8.46. The second-order valence-corrected chi connectivity index (χ2v) is 7.30. The quantitative estimate of drug-likeness (QED) is 0.390. The molecule has 0 spiro atoms. The van der Waals surface area contributed by atoms with Crippen molar-refractivity contribution >= 4 is 45.8 Å². The van der Waals surface area contributed by atoms with Crippen LogP contribution in [-0.4, -0.2) is 26.0 Å². The zero-order chi connectivity index (χ0) is 21.1. The first-order chi connectivity index (χ1) is 14.5. The van der Waals surface area contributed by atoms with Crippen LogP contribution in [-0.2, 0) is 6.42 Å². The second-order valence-electron chi connectivity index (χ2n) is 6.89. The van der Waals surface area contributed by atoms with Crippen LogP contribution < -0.4 is 16.4 Å². The summed E-state index contributed by atoms with van der Waals surface area (Å²) >= 11 is 5.87. The number of rotatable bonds is 6. The van der Waals surface area contributed by atoms with Crippen LogP contribution in [0, 0.1) is 5.82 Å². The molecule has 1 unspecified atom stereocenters. The van der Waals surface area contributed by atoms with Crippen molar-refractivity contribution in [2.24, 2.45) is 0 Å². The van der Waals surface area contributed by atoms with Gasteiger partial charge in [0.1, 0.15) is 23.2 Å². The zero-order valence-corrected chi connectivity index (χ0v) is 16.9. The van der Waals surface area contributed by atoms with Crippen molar-refractivity contribution in [1.82, 2.24) is 19.9 Å². The van der Waals surface area contributed by atoms with E-state index in [1.54, 1.807) is 12.3 Å². The van der Waals surface area contributed by atoms with E-state index in [2.05, 4.69) is 30.6 Å². The molecule has 7 nitrogen and oxygen atoms in total. The third-order valence-electron chi connectivity index (χ3n) is 4.46. The minimum atomic E-state index is -0.487. The highest BCUT2D eigenvalue weighted by Crippen LogP contribution is 2.25. The molecule has 0 radical (unpaired) electrons. The number of nitrogen functional groups attached to an aromatic ring is 1. The molecule has 2 aromatic heterocycles.